The summed E-state index contributed by atoms with van der Waals surface area (Å²) in [5.74, 6) is 1.44. The van der Waals surface area contributed by atoms with Gasteiger partial charge in [-0.25, -0.2) is 9.67 Å². The number of piperidine rings is 1. The van der Waals surface area contributed by atoms with E-state index < -0.39 is 0 Å². The van der Waals surface area contributed by atoms with Gasteiger partial charge in [-0.05, 0) is 88.1 Å². The molecule has 4 aromatic rings. The molecule has 0 bridgehead atoms. The largest absolute Gasteiger partial charge is 0.492 e. The number of benzene rings is 2. The Balaban J connectivity index is 0.993. The number of ether oxygens (including phenoxy) is 2. The van der Waals surface area contributed by atoms with Crippen molar-refractivity contribution in [2.24, 2.45) is 0 Å². The molecule has 2 aromatic carbocycles. The van der Waals surface area contributed by atoms with E-state index in [1.54, 1.807) is 6.07 Å². The van der Waals surface area contributed by atoms with E-state index in [0.29, 0.717) is 36.0 Å². The third kappa shape index (κ3) is 7.01. The number of nitrogens with zero attached hydrogens (tertiary/aromatic N) is 4. The molecule has 2 aromatic heterocycles. The molecule has 11 nitrogen and oxygen atoms in total. The zero-order valence-corrected chi connectivity index (χ0v) is 26.8. The van der Waals surface area contributed by atoms with Crippen molar-refractivity contribution in [3.63, 3.8) is 0 Å². The Kier molecular flexibility index (Phi) is 9.16. The standard InChI is InChI=1S/C36H42N8O3/c1-43-13-10-28(11-14-43)41-32-9-8-25(18-26(32)19-37)36(45)42-29-6-4-5-24(17-29)20-38-35-30-12-16-47-34(30)31(22-39-35)27-21-40-44(23-27)33-7-2-3-15-46-33/h4-6,8-9,17-19,21-23,28,33,37,41H,2-3,7,10-16,20H2,1H3,(H,38,39)(H,42,45). The zero-order chi connectivity index (χ0) is 32.2. The first-order chi connectivity index (χ1) is 23.0. The molecule has 5 heterocycles. The van der Waals surface area contributed by atoms with Gasteiger partial charge in [-0.1, -0.05) is 12.1 Å². The van der Waals surface area contributed by atoms with Crippen molar-refractivity contribution in [3.8, 4) is 16.9 Å². The molecule has 4 N–H and O–H groups in total. The minimum Gasteiger partial charge on any atom is -0.492 e. The van der Waals surface area contributed by atoms with Crippen molar-refractivity contribution >= 4 is 29.3 Å². The topological polar surface area (TPSA) is 129 Å². The van der Waals surface area contributed by atoms with E-state index in [9.17, 15) is 4.79 Å². The van der Waals surface area contributed by atoms with E-state index in [1.807, 2.05) is 59.7 Å². The summed E-state index contributed by atoms with van der Waals surface area (Å²) in [7, 11) is 2.14. The summed E-state index contributed by atoms with van der Waals surface area (Å²) in [6.45, 7) is 4.02. The summed E-state index contributed by atoms with van der Waals surface area (Å²) >= 11 is 0. The molecule has 1 atom stereocenters. The van der Waals surface area contributed by atoms with E-state index in [1.165, 1.54) is 6.21 Å². The molecule has 11 heteroatoms. The predicted octanol–water partition coefficient (Wildman–Crippen LogP) is 5.95. The van der Waals surface area contributed by atoms with Crippen LogP contribution in [0.25, 0.3) is 11.1 Å². The Labute approximate surface area is 275 Å². The highest BCUT2D eigenvalue weighted by atomic mass is 16.5. The molecule has 0 saturated carbocycles. The second-order valence-corrected chi connectivity index (χ2v) is 12.6. The predicted molar refractivity (Wildman–Crippen MR) is 184 cm³/mol. The van der Waals surface area contributed by atoms with Crippen LogP contribution < -0.4 is 20.7 Å². The quantitative estimate of drug-likeness (QED) is 0.158. The maximum absolute atomic E-state index is 13.2. The average molecular weight is 635 g/mol. The molecular formula is C36H42N8O3. The van der Waals surface area contributed by atoms with Crippen molar-refractivity contribution in [3.05, 3.63) is 83.3 Å². The fraction of sp³-hybridized carbons (Fsp3) is 0.389. The number of carbonyl (C=O) groups excluding carboxylic acids is 1. The van der Waals surface area contributed by atoms with Crippen LogP contribution in [0.1, 0.15) is 65.4 Å². The van der Waals surface area contributed by atoms with Crippen LogP contribution in [0, 0.1) is 5.41 Å². The summed E-state index contributed by atoms with van der Waals surface area (Å²) in [4.78, 5) is 20.3. The summed E-state index contributed by atoms with van der Waals surface area (Å²) in [5.41, 5.74) is 6.78. The SMILES string of the molecule is CN1CCC(Nc2ccc(C(=O)Nc3cccc(CNc4ncc(-c5cnn(C6CCCCO6)c5)c5c4CCO5)c3)cc2C=N)CC1. The highest BCUT2D eigenvalue weighted by Crippen LogP contribution is 2.40. The zero-order valence-electron chi connectivity index (χ0n) is 26.8. The fourth-order valence-corrected chi connectivity index (χ4v) is 6.59. The van der Waals surface area contributed by atoms with Crippen LogP contribution in [0.15, 0.2) is 61.1 Å². The summed E-state index contributed by atoms with van der Waals surface area (Å²) in [5, 5.41) is 22.6. The Hall–Kier alpha value is -4.74. The van der Waals surface area contributed by atoms with Gasteiger partial charge in [0.1, 0.15) is 17.8 Å². The third-order valence-corrected chi connectivity index (χ3v) is 9.28. The van der Waals surface area contributed by atoms with Crippen LogP contribution in [0.2, 0.25) is 0 Å². The van der Waals surface area contributed by atoms with Gasteiger partial charge in [-0.3, -0.25) is 4.79 Å². The summed E-state index contributed by atoms with van der Waals surface area (Å²) in [6.07, 6.45) is 13.1. The van der Waals surface area contributed by atoms with Gasteiger partial charge in [0, 0.05) is 83.4 Å². The molecule has 7 rings (SSSR count). The molecule has 1 amide bonds. The molecule has 0 radical (unpaired) electrons. The fourth-order valence-electron chi connectivity index (χ4n) is 6.59. The van der Waals surface area contributed by atoms with Gasteiger partial charge in [0.05, 0.1) is 12.8 Å². The molecule has 3 aliphatic heterocycles. The molecule has 2 fully saturated rings. The average Bonchev–Trinajstić information content (AvgIpc) is 3.80. The van der Waals surface area contributed by atoms with Crippen LogP contribution in [0.5, 0.6) is 5.75 Å². The lowest BCUT2D eigenvalue weighted by Gasteiger charge is -2.30. The van der Waals surface area contributed by atoms with E-state index in [-0.39, 0.29) is 12.1 Å². The summed E-state index contributed by atoms with van der Waals surface area (Å²) < 4.78 is 13.9. The lowest BCUT2D eigenvalue weighted by Crippen LogP contribution is -2.36. The molecule has 2 saturated heterocycles. The van der Waals surface area contributed by atoms with Crippen molar-refractivity contribution in [1.29, 1.82) is 5.41 Å². The van der Waals surface area contributed by atoms with Crippen molar-refractivity contribution in [2.45, 2.75) is 57.3 Å². The lowest BCUT2D eigenvalue weighted by molar-refractivity contribution is -0.0394. The van der Waals surface area contributed by atoms with Gasteiger partial charge in [0.25, 0.3) is 5.91 Å². The Morgan fingerprint density at radius 2 is 1.98 bits per heavy atom. The van der Waals surface area contributed by atoms with Gasteiger partial charge in [-0.2, -0.15) is 5.10 Å². The second kappa shape index (κ2) is 13.9. The van der Waals surface area contributed by atoms with Crippen LogP contribution >= 0.6 is 0 Å². The van der Waals surface area contributed by atoms with Crippen LogP contribution in [-0.2, 0) is 17.7 Å². The smallest absolute Gasteiger partial charge is 0.255 e. The number of anilines is 3. The number of hydrogen-bond acceptors (Lipinski definition) is 9. The number of pyridine rings is 1. The first-order valence-corrected chi connectivity index (χ1v) is 16.6. The molecule has 47 heavy (non-hydrogen) atoms. The van der Waals surface area contributed by atoms with E-state index >= 15 is 0 Å². The highest BCUT2D eigenvalue weighted by Gasteiger charge is 2.24. The Bertz CT molecular complexity index is 1740. The summed E-state index contributed by atoms with van der Waals surface area (Å²) in [6, 6.07) is 13.7. The number of nitrogens with one attached hydrogen (secondary N) is 4. The van der Waals surface area contributed by atoms with E-state index in [2.05, 4.69) is 33.0 Å². The van der Waals surface area contributed by atoms with Gasteiger partial charge >= 0.3 is 0 Å². The second-order valence-electron chi connectivity index (χ2n) is 12.6. The third-order valence-electron chi connectivity index (χ3n) is 9.28. The van der Waals surface area contributed by atoms with Crippen LogP contribution in [0.4, 0.5) is 17.2 Å². The molecular weight excluding hydrogens is 592 g/mol. The van der Waals surface area contributed by atoms with Crippen molar-refractivity contribution < 1.29 is 14.3 Å². The number of rotatable bonds is 10. The highest BCUT2D eigenvalue weighted by molar-refractivity contribution is 6.06. The van der Waals surface area contributed by atoms with Crippen molar-refractivity contribution in [1.82, 2.24) is 19.7 Å². The monoisotopic (exact) mass is 634 g/mol. The van der Waals surface area contributed by atoms with Gasteiger partial charge in [0.15, 0.2) is 0 Å². The molecule has 0 spiro atoms. The van der Waals surface area contributed by atoms with E-state index in [0.717, 1.165) is 97.7 Å². The maximum Gasteiger partial charge on any atom is 0.255 e. The molecule has 3 aliphatic rings. The number of hydrogen-bond donors (Lipinski definition) is 4. The van der Waals surface area contributed by atoms with E-state index in [4.69, 9.17) is 19.9 Å². The Morgan fingerprint density at radius 1 is 1.09 bits per heavy atom. The number of amides is 1. The van der Waals surface area contributed by atoms with Gasteiger partial charge < -0.3 is 35.7 Å². The molecule has 0 aliphatic carbocycles. The normalized spacial score (nSPS) is 18.3. The first-order valence-electron chi connectivity index (χ1n) is 16.6. The van der Waals surface area contributed by atoms with Crippen molar-refractivity contribution in [2.75, 3.05) is 49.3 Å². The lowest BCUT2D eigenvalue weighted by atomic mass is 10.0. The maximum atomic E-state index is 13.2. The number of aromatic nitrogens is 3. The van der Waals surface area contributed by atoms with Crippen LogP contribution in [0.3, 0.4) is 0 Å². The van der Waals surface area contributed by atoms with Gasteiger partial charge in [0.2, 0.25) is 0 Å². The molecule has 1 unspecified atom stereocenters. The minimum absolute atomic E-state index is 0.0168. The van der Waals surface area contributed by atoms with Crippen LogP contribution in [-0.4, -0.2) is 71.2 Å². The van der Waals surface area contributed by atoms with Gasteiger partial charge in [-0.15, -0.1) is 0 Å². The number of fused-ring (bicyclic) bond motifs is 1. The first kappa shape index (κ1) is 30.9. The number of carbonyl (C=O) groups is 1. The number of likely N-dealkylation sites (tertiary alicyclic amines) is 1. The molecule has 244 valence electrons. The minimum atomic E-state index is -0.213. The Morgan fingerprint density at radius 3 is 2.81 bits per heavy atom.